The molecule has 0 saturated carbocycles. The van der Waals surface area contributed by atoms with Gasteiger partial charge in [0.25, 0.3) is 0 Å². The molecule has 2 atom stereocenters. The van der Waals surface area contributed by atoms with E-state index in [2.05, 4.69) is 172 Å². The molecule has 48 heavy (non-hydrogen) atoms. The van der Waals surface area contributed by atoms with Crippen LogP contribution in [0, 0.1) is 0 Å². The van der Waals surface area contributed by atoms with Crippen molar-refractivity contribution < 1.29 is 4.21 Å². The van der Waals surface area contributed by atoms with Crippen LogP contribution in [0.4, 0.5) is 0 Å². The van der Waals surface area contributed by atoms with Crippen molar-refractivity contribution in [1.29, 1.82) is 0 Å². The van der Waals surface area contributed by atoms with Crippen molar-refractivity contribution in [3.05, 3.63) is 130 Å². The third-order valence-electron chi connectivity index (χ3n) is 9.81. The number of fused-ring (bicyclic) bond motifs is 2. The molecule has 8 heteroatoms. The van der Waals surface area contributed by atoms with E-state index in [1.165, 1.54) is 55.7 Å². The van der Waals surface area contributed by atoms with Gasteiger partial charge >= 0.3 is 262 Å². The molecule has 257 valence electrons. The SMILES string of the molecule is CC1=Cc2c(-c3ccccc3)cccc2[CH]1[Zr]([Cl])([Cl])([I])([I])([CH]1C(C)=Cc2c(-c3ccccc3)cccc21)[SiH](C)C.CN(C)C.CN(C)C. The van der Waals surface area contributed by atoms with Crippen molar-refractivity contribution >= 4 is 71.2 Å². The van der Waals surface area contributed by atoms with E-state index in [0.717, 1.165) is 0 Å². The van der Waals surface area contributed by atoms with Crippen molar-refractivity contribution in [2.75, 3.05) is 42.3 Å². The Morgan fingerprint density at radius 2 is 0.854 bits per heavy atom. The Balaban J connectivity index is 0.000000588. The first-order valence-electron chi connectivity index (χ1n) is 16.6. The Morgan fingerprint density at radius 1 is 0.542 bits per heavy atom. The normalized spacial score (nSPS) is 19.0. The molecule has 2 aliphatic carbocycles. The van der Waals surface area contributed by atoms with Gasteiger partial charge in [-0.3, -0.25) is 0 Å². The largest absolute Gasteiger partial charge is 0.312 e. The summed E-state index contributed by atoms with van der Waals surface area (Å²) in [5, 5.41) is 0. The maximum absolute atomic E-state index is 8.81. The predicted molar refractivity (Wildman–Crippen MR) is 234 cm³/mol. The number of benzene rings is 4. The van der Waals surface area contributed by atoms with Crippen molar-refractivity contribution in [2.45, 2.75) is 34.2 Å². The zero-order valence-electron chi connectivity index (χ0n) is 30.0. The molecule has 0 aromatic heterocycles. The van der Waals surface area contributed by atoms with Gasteiger partial charge in [0.2, 0.25) is 0 Å². The quantitative estimate of drug-likeness (QED) is 0.145. The number of allylic oxidation sites excluding steroid dienone is 2. The van der Waals surface area contributed by atoms with Gasteiger partial charge in [0, 0.05) is 0 Å². The Hall–Kier alpha value is -0.580. The third kappa shape index (κ3) is 7.22. The van der Waals surface area contributed by atoms with Crippen LogP contribution in [0.3, 0.4) is 0 Å². The minimum absolute atomic E-state index is 0.0358. The van der Waals surface area contributed by atoms with Crippen molar-refractivity contribution in [2.24, 2.45) is 0 Å². The third-order valence-corrected chi connectivity index (χ3v) is 130. The molecule has 0 spiro atoms. The van der Waals surface area contributed by atoms with Gasteiger partial charge in [-0.15, -0.1) is 0 Å². The number of hydrogen-bond donors (Lipinski definition) is 0. The molecule has 0 amide bonds. The molecule has 2 unspecified atom stereocenters. The van der Waals surface area contributed by atoms with Gasteiger partial charge in [-0.25, -0.2) is 0 Å². The molecule has 0 bridgehead atoms. The van der Waals surface area contributed by atoms with Crippen LogP contribution in [0.25, 0.3) is 34.4 Å². The summed E-state index contributed by atoms with van der Waals surface area (Å²) in [7, 11) is 29.6. The van der Waals surface area contributed by atoms with Gasteiger partial charge in [0.05, 0.1) is 0 Å². The first-order valence-corrected chi connectivity index (χ1v) is 47.5. The zero-order valence-corrected chi connectivity index (χ0v) is 39.5. The van der Waals surface area contributed by atoms with Crippen molar-refractivity contribution in [3.8, 4) is 22.3 Å². The monoisotopic (exact) mass is 1000 g/mol. The van der Waals surface area contributed by atoms with Gasteiger partial charge in [0.15, 0.2) is 0 Å². The molecule has 2 aliphatic rings. The van der Waals surface area contributed by atoms with E-state index >= 15 is 0 Å². The molecule has 4 aromatic carbocycles. The molecule has 6 rings (SSSR count). The van der Waals surface area contributed by atoms with Crippen LogP contribution in [0.1, 0.15) is 43.4 Å². The minimum Gasteiger partial charge on any atom is -0.312 e. The summed E-state index contributed by atoms with van der Waals surface area (Å²) in [6, 6.07) is 34.8. The maximum Gasteiger partial charge on any atom is -0.0140 e. The first kappa shape index (κ1) is 40.2. The average molecular weight is 1000 g/mol. The summed E-state index contributed by atoms with van der Waals surface area (Å²) in [4.78, 5) is 4.00. The van der Waals surface area contributed by atoms with E-state index in [9.17, 15) is 0 Å². The van der Waals surface area contributed by atoms with Crippen molar-refractivity contribution in [1.82, 2.24) is 9.80 Å². The fourth-order valence-electron chi connectivity index (χ4n) is 7.72. The van der Waals surface area contributed by atoms with Crippen molar-refractivity contribution in [3.63, 3.8) is 0 Å². The second-order valence-corrected chi connectivity index (χ2v) is 153. The van der Waals surface area contributed by atoms with Gasteiger partial charge < -0.3 is 9.80 Å². The summed E-state index contributed by atoms with van der Waals surface area (Å²) in [5.41, 5.74) is 12.6. The molecular formula is C40H51Cl2I2N2SiZr. The predicted octanol–water partition coefficient (Wildman–Crippen LogP) is 12.7. The molecule has 2 nitrogen and oxygen atoms in total. The molecule has 0 radical (unpaired) electrons. The van der Waals surface area contributed by atoms with Crippen LogP contribution < -0.4 is 0 Å². The number of rotatable bonds is 5. The fraction of sp³-hybridized carbons (Fsp3) is 0.300. The second kappa shape index (κ2) is 13.8. The van der Waals surface area contributed by atoms with Gasteiger partial charge in [-0.2, -0.15) is 0 Å². The Kier molecular flexibility index (Phi) is 11.5. The van der Waals surface area contributed by atoms with Crippen LogP contribution >= 0.6 is 53.1 Å². The molecule has 4 aromatic rings. The van der Waals surface area contributed by atoms with Crippen LogP contribution in [0.5, 0.6) is 0 Å². The van der Waals surface area contributed by atoms with E-state index in [1.807, 2.05) is 52.1 Å². The molecular weight excluding hydrogens is 952 g/mol. The van der Waals surface area contributed by atoms with Crippen LogP contribution in [-0.4, -0.2) is 58.0 Å². The summed E-state index contributed by atoms with van der Waals surface area (Å²) in [6.45, 7) is 9.33. The van der Waals surface area contributed by atoms with Crippen LogP contribution in [-0.2, 0) is 4.21 Å². The van der Waals surface area contributed by atoms with E-state index in [0.29, 0.717) is 0 Å². The Bertz CT molecular complexity index is 1750. The standard InChI is InChI=1S/2C16H13.2C3H9N.C2H7Si.2ClH.2HI.Zr/c2*1-12-10-14-8-5-9-15(16(14)11-12)13-6-3-2-4-7-13;2*1-4(2)3;1-3-2;;;;;/h2*2-11H,1H3;2*1-3H3;3H,1-2H3;4*1H;/q;;;;;;;;;+4/p-4. The minimum atomic E-state index is -5.93. The average Bonchev–Trinajstić information content (AvgIpc) is 3.54. The molecule has 0 heterocycles. The Labute approximate surface area is 310 Å². The summed E-state index contributed by atoms with van der Waals surface area (Å²) >= 11 is 5.47. The zero-order chi connectivity index (χ0) is 35.8. The second-order valence-electron chi connectivity index (χ2n) is 15.1. The number of halogens is 4. The number of nitrogens with zero attached hydrogens (tertiary/aromatic N) is 2. The first-order chi connectivity index (χ1) is 22.2. The van der Waals surface area contributed by atoms with E-state index in [4.69, 9.17) is 17.0 Å². The molecule has 0 fully saturated rings. The van der Waals surface area contributed by atoms with E-state index in [1.54, 1.807) is 0 Å². The van der Waals surface area contributed by atoms with Gasteiger partial charge in [-0.05, 0) is 42.3 Å². The maximum atomic E-state index is 8.81. The Morgan fingerprint density at radius 3 is 1.15 bits per heavy atom. The number of hydrogen-bond acceptors (Lipinski definition) is 2. The topological polar surface area (TPSA) is 6.48 Å². The molecule has 0 aliphatic heterocycles. The van der Waals surface area contributed by atoms with E-state index in [-0.39, 0.29) is 7.25 Å². The summed E-state index contributed by atoms with van der Waals surface area (Å²) in [5.74, 6) is -1.81. The smallest absolute Gasteiger partial charge is 0.0140 e. The van der Waals surface area contributed by atoms with Crippen LogP contribution in [0.15, 0.2) is 108 Å². The molecule has 0 N–H and O–H groups in total. The molecule has 0 saturated heterocycles. The van der Waals surface area contributed by atoms with Gasteiger partial charge in [-0.1, -0.05) is 0 Å². The summed E-state index contributed by atoms with van der Waals surface area (Å²) in [6.07, 6.45) is 4.76. The fourth-order valence-corrected chi connectivity index (χ4v) is 63.1. The van der Waals surface area contributed by atoms with Crippen LogP contribution in [0.2, 0.25) is 13.1 Å². The van der Waals surface area contributed by atoms with E-state index < -0.39 is 10.1 Å². The summed E-state index contributed by atoms with van der Waals surface area (Å²) < 4.78 is -6.01. The van der Waals surface area contributed by atoms with Gasteiger partial charge in [0.1, 0.15) is 0 Å².